The minimum atomic E-state index is -0.319. The molecule has 0 saturated heterocycles. The number of ether oxygens (including phenoxy) is 1. The van der Waals surface area contributed by atoms with E-state index in [4.69, 9.17) is 9.26 Å². The van der Waals surface area contributed by atoms with E-state index in [2.05, 4.69) is 15.6 Å². The molecular weight excluding hydrogens is 296 g/mol. The van der Waals surface area contributed by atoms with Crippen LogP contribution in [0.2, 0.25) is 0 Å². The second-order valence-electron chi connectivity index (χ2n) is 4.96. The second-order valence-corrected chi connectivity index (χ2v) is 4.96. The molecule has 7 heteroatoms. The molecule has 0 spiro atoms. The number of carbonyl (C=O) groups excluding carboxylic acids is 1. The maximum absolute atomic E-state index is 12.0. The molecule has 0 saturated carbocycles. The van der Waals surface area contributed by atoms with Gasteiger partial charge in [0.1, 0.15) is 11.4 Å². The number of amides is 1. The highest BCUT2D eigenvalue weighted by Gasteiger charge is 2.16. The Morgan fingerprint density at radius 1 is 1.35 bits per heavy atom. The van der Waals surface area contributed by atoms with Crippen molar-refractivity contribution in [3.8, 4) is 11.4 Å². The van der Waals surface area contributed by atoms with E-state index in [0.29, 0.717) is 0 Å². The van der Waals surface area contributed by atoms with E-state index in [0.717, 1.165) is 17.0 Å². The Hall–Kier alpha value is -3.09. The van der Waals surface area contributed by atoms with Crippen molar-refractivity contribution in [3.63, 3.8) is 0 Å². The molecule has 0 aliphatic carbocycles. The van der Waals surface area contributed by atoms with Crippen molar-refractivity contribution in [2.75, 3.05) is 7.11 Å². The maximum Gasteiger partial charge on any atom is 0.290 e. The van der Waals surface area contributed by atoms with E-state index >= 15 is 0 Å². The molecule has 0 aliphatic rings. The lowest BCUT2D eigenvalue weighted by Crippen LogP contribution is -2.26. The molecule has 0 aliphatic heterocycles. The number of nitrogens with zero attached hydrogens (tertiary/aromatic N) is 3. The number of hydrogen-bond acceptors (Lipinski definition) is 5. The first-order valence-corrected chi connectivity index (χ1v) is 7.08. The minimum Gasteiger partial charge on any atom is -0.494 e. The summed E-state index contributed by atoms with van der Waals surface area (Å²) in [6.07, 6.45) is 4.99. The third-order valence-electron chi connectivity index (χ3n) is 3.44. The van der Waals surface area contributed by atoms with Crippen LogP contribution in [0.15, 0.2) is 53.4 Å². The van der Waals surface area contributed by atoms with Crippen LogP contribution in [0.4, 0.5) is 0 Å². The zero-order valence-corrected chi connectivity index (χ0v) is 12.8. The summed E-state index contributed by atoms with van der Waals surface area (Å²) in [6, 6.07) is 8.87. The second kappa shape index (κ2) is 6.35. The standard InChI is InChI=1S/C16H16N4O3/c1-11(19-16(21)15-7-8-18-23-15)12-9-17-20(10-12)13-5-3-4-6-14(13)22-2/h3-11H,1-2H3,(H,19,21). The number of rotatable bonds is 5. The molecule has 1 N–H and O–H groups in total. The lowest BCUT2D eigenvalue weighted by molar-refractivity contribution is 0.0902. The van der Waals surface area contributed by atoms with E-state index in [-0.39, 0.29) is 17.7 Å². The van der Waals surface area contributed by atoms with Gasteiger partial charge in [-0.15, -0.1) is 0 Å². The van der Waals surface area contributed by atoms with Gasteiger partial charge in [-0.1, -0.05) is 17.3 Å². The summed E-state index contributed by atoms with van der Waals surface area (Å²) < 4.78 is 11.9. The van der Waals surface area contributed by atoms with Crippen molar-refractivity contribution in [2.45, 2.75) is 13.0 Å². The van der Waals surface area contributed by atoms with Crippen LogP contribution < -0.4 is 10.1 Å². The van der Waals surface area contributed by atoms with E-state index in [1.54, 1.807) is 18.0 Å². The van der Waals surface area contributed by atoms with Crippen LogP contribution in [0.5, 0.6) is 5.75 Å². The summed E-state index contributed by atoms with van der Waals surface area (Å²) in [5.74, 6) is 0.578. The quantitative estimate of drug-likeness (QED) is 0.782. The van der Waals surface area contributed by atoms with E-state index < -0.39 is 0 Å². The summed E-state index contributed by atoms with van der Waals surface area (Å²) in [5, 5.41) is 10.7. The fourth-order valence-electron chi connectivity index (χ4n) is 2.20. The monoisotopic (exact) mass is 312 g/mol. The van der Waals surface area contributed by atoms with Gasteiger partial charge in [-0.05, 0) is 19.1 Å². The summed E-state index contributed by atoms with van der Waals surface area (Å²) in [7, 11) is 1.61. The van der Waals surface area contributed by atoms with Crippen molar-refractivity contribution < 1.29 is 14.1 Å². The van der Waals surface area contributed by atoms with Crippen LogP contribution in [0.25, 0.3) is 5.69 Å². The Bertz CT molecular complexity index is 795. The van der Waals surface area contributed by atoms with Gasteiger partial charge in [0, 0.05) is 17.8 Å². The highest BCUT2D eigenvalue weighted by Crippen LogP contribution is 2.23. The van der Waals surface area contributed by atoms with Crippen molar-refractivity contribution in [2.24, 2.45) is 0 Å². The summed E-state index contributed by atoms with van der Waals surface area (Å²) in [4.78, 5) is 12.0. The van der Waals surface area contributed by atoms with Crippen LogP contribution in [0, 0.1) is 0 Å². The number of nitrogens with one attached hydrogen (secondary N) is 1. The molecule has 2 aromatic heterocycles. The Morgan fingerprint density at radius 2 is 2.17 bits per heavy atom. The van der Waals surface area contributed by atoms with Crippen molar-refractivity contribution >= 4 is 5.91 Å². The van der Waals surface area contributed by atoms with Gasteiger partial charge < -0.3 is 14.6 Å². The summed E-state index contributed by atoms with van der Waals surface area (Å²) in [6.45, 7) is 1.87. The number of para-hydroxylation sites is 2. The number of carbonyl (C=O) groups is 1. The predicted octanol–water partition coefficient (Wildman–Crippen LogP) is 2.36. The largest absolute Gasteiger partial charge is 0.494 e. The van der Waals surface area contributed by atoms with Gasteiger partial charge in [0.2, 0.25) is 5.76 Å². The first-order chi connectivity index (χ1) is 11.2. The van der Waals surface area contributed by atoms with Crippen molar-refractivity contribution in [1.82, 2.24) is 20.3 Å². The Kier molecular flexibility index (Phi) is 4.09. The van der Waals surface area contributed by atoms with Crippen LogP contribution in [-0.4, -0.2) is 28.0 Å². The van der Waals surface area contributed by atoms with Gasteiger partial charge in [-0.25, -0.2) is 4.68 Å². The molecule has 7 nitrogen and oxygen atoms in total. The molecule has 1 unspecified atom stereocenters. The number of methoxy groups -OCH3 is 1. The van der Waals surface area contributed by atoms with Crippen molar-refractivity contribution in [3.05, 3.63) is 60.2 Å². The fraction of sp³-hybridized carbons (Fsp3) is 0.188. The average Bonchev–Trinajstić information content (AvgIpc) is 3.26. The highest BCUT2D eigenvalue weighted by atomic mass is 16.5. The third kappa shape index (κ3) is 3.08. The van der Waals surface area contributed by atoms with Gasteiger partial charge >= 0.3 is 0 Å². The zero-order chi connectivity index (χ0) is 16.2. The smallest absolute Gasteiger partial charge is 0.290 e. The van der Waals surface area contributed by atoms with Crippen LogP contribution in [-0.2, 0) is 0 Å². The lowest BCUT2D eigenvalue weighted by atomic mass is 10.2. The summed E-state index contributed by atoms with van der Waals surface area (Å²) in [5.41, 5.74) is 1.69. The molecule has 3 rings (SSSR count). The first kappa shape index (κ1) is 14.8. The van der Waals surface area contributed by atoms with Gasteiger partial charge in [0.15, 0.2) is 0 Å². The summed E-state index contributed by atoms with van der Waals surface area (Å²) >= 11 is 0. The molecule has 0 radical (unpaired) electrons. The van der Waals surface area contributed by atoms with Crippen LogP contribution in [0.3, 0.4) is 0 Å². The Labute approximate surface area is 132 Å². The van der Waals surface area contributed by atoms with Gasteiger partial charge in [0.25, 0.3) is 5.91 Å². The van der Waals surface area contributed by atoms with E-state index in [1.807, 2.05) is 37.4 Å². The molecule has 118 valence electrons. The molecule has 0 fully saturated rings. The minimum absolute atomic E-state index is 0.175. The molecular formula is C16H16N4O3. The van der Waals surface area contributed by atoms with Gasteiger partial charge in [-0.3, -0.25) is 4.79 Å². The van der Waals surface area contributed by atoms with Gasteiger partial charge in [-0.2, -0.15) is 5.10 Å². The molecule has 3 aromatic rings. The van der Waals surface area contributed by atoms with Gasteiger partial charge in [0.05, 0.1) is 25.5 Å². The zero-order valence-electron chi connectivity index (χ0n) is 12.8. The van der Waals surface area contributed by atoms with Crippen LogP contribution >= 0.6 is 0 Å². The molecule has 1 aromatic carbocycles. The van der Waals surface area contributed by atoms with Crippen molar-refractivity contribution in [1.29, 1.82) is 0 Å². The Balaban J connectivity index is 1.77. The fourth-order valence-corrected chi connectivity index (χ4v) is 2.20. The predicted molar refractivity (Wildman–Crippen MR) is 82.5 cm³/mol. The number of benzene rings is 1. The average molecular weight is 312 g/mol. The molecule has 1 atom stereocenters. The topological polar surface area (TPSA) is 82.2 Å². The van der Waals surface area contributed by atoms with Crippen LogP contribution in [0.1, 0.15) is 29.1 Å². The number of hydrogen-bond donors (Lipinski definition) is 1. The third-order valence-corrected chi connectivity index (χ3v) is 3.44. The molecule has 23 heavy (non-hydrogen) atoms. The normalized spacial score (nSPS) is 11.9. The first-order valence-electron chi connectivity index (χ1n) is 7.08. The molecule has 0 bridgehead atoms. The Morgan fingerprint density at radius 3 is 2.91 bits per heavy atom. The van der Waals surface area contributed by atoms with E-state index in [9.17, 15) is 4.79 Å². The number of aromatic nitrogens is 3. The molecule has 2 heterocycles. The maximum atomic E-state index is 12.0. The highest BCUT2D eigenvalue weighted by molar-refractivity contribution is 5.91. The van der Waals surface area contributed by atoms with E-state index in [1.165, 1.54) is 12.3 Å². The molecule has 1 amide bonds. The SMILES string of the molecule is COc1ccccc1-n1cc(C(C)NC(=O)c2ccno2)cn1. The lowest BCUT2D eigenvalue weighted by Gasteiger charge is -2.10.